The number of likely N-dealkylation sites (N-methyl/N-ethyl adjacent to an activating group) is 1. The molecule has 0 saturated carbocycles. The van der Waals surface area contributed by atoms with E-state index >= 15 is 0 Å². The Morgan fingerprint density at radius 2 is 1.81 bits per heavy atom. The third-order valence-corrected chi connectivity index (χ3v) is 5.73. The van der Waals surface area contributed by atoms with Crippen LogP contribution in [0.1, 0.15) is 5.69 Å². The monoisotopic (exact) mass is 447 g/mol. The zero-order chi connectivity index (χ0) is 19.6. The highest BCUT2D eigenvalue weighted by atomic mass is 79.9. The summed E-state index contributed by atoms with van der Waals surface area (Å²) in [6.07, 6.45) is 0. The van der Waals surface area contributed by atoms with E-state index in [4.69, 9.17) is 11.6 Å². The second kappa shape index (κ2) is 8.15. The molecule has 1 heterocycles. The topological polar surface area (TPSA) is 54.3 Å². The van der Waals surface area contributed by atoms with E-state index in [2.05, 4.69) is 21.2 Å². The zero-order valence-corrected chi connectivity index (χ0v) is 17.3. The van der Waals surface area contributed by atoms with Gasteiger partial charge >= 0.3 is 0 Å². The highest BCUT2D eigenvalue weighted by Gasteiger charge is 2.18. The average Bonchev–Trinajstić information content (AvgIpc) is 2.89. The number of nitrogens with zero attached hydrogens (tertiary/aromatic N) is 2. The Morgan fingerprint density at radius 1 is 1.15 bits per heavy atom. The number of benzene rings is 2. The Hall–Kier alpha value is -2.31. The number of para-hydroxylation sites is 2. The summed E-state index contributed by atoms with van der Waals surface area (Å²) < 4.78 is 2.93. The lowest BCUT2D eigenvalue weighted by Gasteiger charge is -2.18. The Morgan fingerprint density at radius 3 is 2.56 bits per heavy atom. The van der Waals surface area contributed by atoms with Crippen LogP contribution < -0.4 is 5.32 Å². The van der Waals surface area contributed by atoms with Gasteiger partial charge in [-0.2, -0.15) is 0 Å². The molecule has 0 aliphatic rings. The fourth-order valence-corrected chi connectivity index (χ4v) is 3.64. The lowest BCUT2D eigenvalue weighted by Crippen LogP contribution is -2.37. The summed E-state index contributed by atoms with van der Waals surface area (Å²) in [4.78, 5) is 26.3. The molecular weight excluding hydrogens is 430 g/mol. The molecule has 3 rings (SSSR count). The van der Waals surface area contributed by atoms with Crippen LogP contribution in [-0.2, 0) is 16.1 Å². The average molecular weight is 449 g/mol. The second-order valence-corrected chi connectivity index (χ2v) is 7.48. The summed E-state index contributed by atoms with van der Waals surface area (Å²) in [5.41, 5.74) is 2.48. The summed E-state index contributed by atoms with van der Waals surface area (Å²) in [5.74, 6) is -0.449. The Kier molecular flexibility index (Phi) is 5.87. The van der Waals surface area contributed by atoms with E-state index in [1.807, 2.05) is 35.8 Å². The second-order valence-electron chi connectivity index (χ2n) is 6.28. The predicted octanol–water partition coefficient (Wildman–Crippen LogP) is 4.46. The van der Waals surface area contributed by atoms with Crippen molar-refractivity contribution in [3.05, 3.63) is 63.7 Å². The number of carbonyl (C=O) groups is 2. The standard InChI is InChI=1S/C20H19BrClN3O2/c1-13-20(21)14-7-3-6-10-17(14)25(13)12-19(27)24(2)11-18(26)23-16-9-5-4-8-15(16)22/h3-10H,11-12H2,1-2H3,(H,23,26). The molecule has 0 unspecified atom stereocenters. The van der Waals surface area contributed by atoms with Crippen LogP contribution in [-0.4, -0.2) is 34.9 Å². The highest BCUT2D eigenvalue weighted by Crippen LogP contribution is 2.30. The molecule has 0 radical (unpaired) electrons. The maximum Gasteiger partial charge on any atom is 0.244 e. The number of nitrogens with one attached hydrogen (secondary N) is 1. The molecule has 2 aromatic carbocycles. The fourth-order valence-electron chi connectivity index (χ4n) is 2.90. The molecular formula is C20H19BrClN3O2. The molecule has 1 N–H and O–H groups in total. The Bertz CT molecular complexity index is 1020. The van der Waals surface area contributed by atoms with Gasteiger partial charge in [0, 0.05) is 28.1 Å². The molecule has 0 fully saturated rings. The van der Waals surface area contributed by atoms with Gasteiger partial charge < -0.3 is 14.8 Å². The van der Waals surface area contributed by atoms with Crippen molar-refractivity contribution in [2.45, 2.75) is 13.5 Å². The number of fused-ring (bicyclic) bond motifs is 1. The van der Waals surface area contributed by atoms with Crippen LogP contribution in [0.4, 0.5) is 5.69 Å². The molecule has 27 heavy (non-hydrogen) atoms. The van der Waals surface area contributed by atoms with Crippen LogP contribution in [0.3, 0.4) is 0 Å². The van der Waals surface area contributed by atoms with Gasteiger partial charge in [-0.15, -0.1) is 0 Å². The molecule has 2 amide bonds. The van der Waals surface area contributed by atoms with Gasteiger partial charge in [-0.1, -0.05) is 41.9 Å². The van der Waals surface area contributed by atoms with Crippen molar-refractivity contribution in [3.8, 4) is 0 Å². The van der Waals surface area contributed by atoms with Crippen molar-refractivity contribution < 1.29 is 9.59 Å². The third-order valence-electron chi connectivity index (χ3n) is 4.40. The van der Waals surface area contributed by atoms with Crippen molar-refractivity contribution in [3.63, 3.8) is 0 Å². The molecule has 0 bridgehead atoms. The van der Waals surface area contributed by atoms with E-state index < -0.39 is 0 Å². The molecule has 0 saturated heterocycles. The van der Waals surface area contributed by atoms with Crippen molar-refractivity contribution in [2.75, 3.05) is 18.9 Å². The molecule has 0 spiro atoms. The molecule has 140 valence electrons. The van der Waals surface area contributed by atoms with Gasteiger partial charge in [0.25, 0.3) is 0 Å². The molecule has 0 atom stereocenters. The molecule has 0 aliphatic carbocycles. The van der Waals surface area contributed by atoms with Crippen molar-refractivity contribution in [1.29, 1.82) is 0 Å². The summed E-state index contributed by atoms with van der Waals surface area (Å²) >= 11 is 9.64. The summed E-state index contributed by atoms with van der Waals surface area (Å²) in [7, 11) is 1.62. The maximum absolute atomic E-state index is 12.7. The van der Waals surface area contributed by atoms with E-state index in [-0.39, 0.29) is 24.9 Å². The van der Waals surface area contributed by atoms with E-state index in [0.29, 0.717) is 10.7 Å². The van der Waals surface area contributed by atoms with E-state index in [0.717, 1.165) is 21.1 Å². The number of halogens is 2. The van der Waals surface area contributed by atoms with E-state index in [9.17, 15) is 9.59 Å². The third kappa shape index (κ3) is 4.17. The molecule has 5 nitrogen and oxygen atoms in total. The first-order valence-corrected chi connectivity index (χ1v) is 9.57. The predicted molar refractivity (Wildman–Crippen MR) is 112 cm³/mol. The maximum atomic E-state index is 12.7. The highest BCUT2D eigenvalue weighted by molar-refractivity contribution is 9.10. The van der Waals surface area contributed by atoms with Gasteiger partial charge in [0.1, 0.15) is 6.54 Å². The first kappa shape index (κ1) is 19.5. The number of aromatic nitrogens is 1. The molecule has 3 aromatic rings. The largest absolute Gasteiger partial charge is 0.335 e. The van der Waals surface area contributed by atoms with E-state index in [1.165, 1.54) is 4.90 Å². The summed E-state index contributed by atoms with van der Waals surface area (Å²) in [6.45, 7) is 2.07. The number of anilines is 1. The van der Waals surface area contributed by atoms with Gasteiger partial charge in [0.2, 0.25) is 11.8 Å². The van der Waals surface area contributed by atoms with Crippen LogP contribution >= 0.6 is 27.5 Å². The fraction of sp³-hybridized carbons (Fsp3) is 0.200. The minimum Gasteiger partial charge on any atom is -0.335 e. The number of carbonyl (C=O) groups excluding carboxylic acids is 2. The minimum atomic E-state index is -0.297. The molecule has 7 heteroatoms. The Labute approximate surface area is 171 Å². The molecule has 0 aliphatic heterocycles. The number of amides is 2. The van der Waals surface area contributed by atoms with Crippen LogP contribution in [0.5, 0.6) is 0 Å². The lowest BCUT2D eigenvalue weighted by molar-refractivity contribution is -0.133. The van der Waals surface area contributed by atoms with Gasteiger partial charge in [-0.25, -0.2) is 0 Å². The first-order chi connectivity index (χ1) is 12.9. The number of hydrogen-bond acceptors (Lipinski definition) is 2. The molecule has 1 aromatic heterocycles. The van der Waals surface area contributed by atoms with Gasteiger partial charge in [0.15, 0.2) is 0 Å². The van der Waals surface area contributed by atoms with Crippen molar-refractivity contribution in [1.82, 2.24) is 9.47 Å². The number of rotatable bonds is 5. The Balaban J connectivity index is 1.69. The van der Waals surface area contributed by atoms with Gasteiger partial charge in [-0.3, -0.25) is 9.59 Å². The van der Waals surface area contributed by atoms with Crippen LogP contribution in [0, 0.1) is 6.92 Å². The van der Waals surface area contributed by atoms with Crippen LogP contribution in [0.25, 0.3) is 10.9 Å². The smallest absolute Gasteiger partial charge is 0.244 e. The summed E-state index contributed by atoms with van der Waals surface area (Å²) in [6, 6.07) is 14.9. The minimum absolute atomic E-state index is 0.0521. The van der Waals surface area contributed by atoms with E-state index in [1.54, 1.807) is 31.3 Å². The van der Waals surface area contributed by atoms with Crippen LogP contribution in [0.15, 0.2) is 53.0 Å². The van der Waals surface area contributed by atoms with Crippen LogP contribution in [0.2, 0.25) is 5.02 Å². The quantitative estimate of drug-likeness (QED) is 0.626. The summed E-state index contributed by atoms with van der Waals surface area (Å²) in [5, 5.41) is 4.24. The SMILES string of the molecule is Cc1c(Br)c2ccccc2n1CC(=O)N(C)CC(=O)Nc1ccccc1Cl. The van der Waals surface area contributed by atoms with Crippen molar-refractivity contribution >= 4 is 55.9 Å². The lowest BCUT2D eigenvalue weighted by atomic mass is 10.2. The van der Waals surface area contributed by atoms with Crippen molar-refractivity contribution in [2.24, 2.45) is 0 Å². The zero-order valence-electron chi connectivity index (χ0n) is 15.0. The first-order valence-electron chi connectivity index (χ1n) is 8.40. The van der Waals surface area contributed by atoms with Gasteiger partial charge in [-0.05, 0) is 41.1 Å². The normalized spacial score (nSPS) is 10.8. The van der Waals surface area contributed by atoms with Gasteiger partial charge in [0.05, 0.1) is 17.3 Å². The number of hydrogen-bond donors (Lipinski definition) is 1.